The van der Waals surface area contributed by atoms with Crippen molar-refractivity contribution in [2.75, 3.05) is 0 Å². The van der Waals surface area contributed by atoms with Crippen molar-refractivity contribution < 1.29 is 18.3 Å². The lowest BCUT2D eigenvalue weighted by Crippen LogP contribution is -2.13. The fourth-order valence-corrected chi connectivity index (χ4v) is 3.37. The Morgan fingerprint density at radius 2 is 2.13 bits per heavy atom. The van der Waals surface area contributed by atoms with Crippen molar-refractivity contribution in [3.05, 3.63) is 16.3 Å². The highest BCUT2D eigenvalue weighted by Crippen LogP contribution is 2.23. The zero-order valence-corrected chi connectivity index (χ0v) is 10.1. The first-order valence-electron chi connectivity index (χ1n) is 4.37. The van der Waals surface area contributed by atoms with Crippen LogP contribution in [0.1, 0.15) is 18.7 Å². The van der Waals surface area contributed by atoms with E-state index in [4.69, 9.17) is 5.11 Å². The molecule has 4 nitrogen and oxygen atoms in total. The second-order valence-corrected chi connectivity index (χ2v) is 6.91. The minimum absolute atomic E-state index is 0.127. The third-order valence-corrected chi connectivity index (χ3v) is 5.12. The molecule has 1 aromatic heterocycles. The maximum Gasteiger partial charge on any atom is 0.308 e. The van der Waals surface area contributed by atoms with E-state index in [0.29, 0.717) is 4.88 Å². The van der Waals surface area contributed by atoms with Crippen molar-refractivity contribution in [3.8, 4) is 0 Å². The van der Waals surface area contributed by atoms with E-state index in [0.717, 1.165) is 11.3 Å². The number of rotatable bonds is 4. The average Bonchev–Trinajstić information content (AvgIpc) is 2.51. The molecule has 1 aromatic rings. The third-order valence-electron chi connectivity index (χ3n) is 1.90. The Bertz CT molecular complexity index is 456. The molecule has 0 aliphatic heterocycles. The highest BCUT2D eigenvalue weighted by molar-refractivity contribution is 7.92. The van der Waals surface area contributed by atoms with Gasteiger partial charge < -0.3 is 5.11 Å². The minimum atomic E-state index is -3.27. The minimum Gasteiger partial charge on any atom is -0.481 e. The van der Waals surface area contributed by atoms with Crippen molar-refractivity contribution in [2.24, 2.45) is 0 Å². The lowest BCUT2D eigenvalue weighted by atomic mass is 10.3. The van der Waals surface area contributed by atoms with Crippen molar-refractivity contribution in [3.63, 3.8) is 0 Å². The van der Waals surface area contributed by atoms with Gasteiger partial charge in [-0.2, -0.15) is 0 Å². The summed E-state index contributed by atoms with van der Waals surface area (Å²) in [5, 5.41) is 9.56. The molecule has 0 aliphatic rings. The molecule has 0 bridgehead atoms. The molecule has 0 saturated heterocycles. The first kappa shape index (κ1) is 12.2. The van der Waals surface area contributed by atoms with Gasteiger partial charge in [-0.3, -0.25) is 4.79 Å². The number of carboxylic acid groups (broad SMARTS) is 1. The number of carbonyl (C=O) groups is 1. The van der Waals surface area contributed by atoms with E-state index in [-0.39, 0.29) is 11.3 Å². The molecular formula is C9H12O4S2. The Morgan fingerprint density at radius 3 is 2.60 bits per heavy atom. The summed E-state index contributed by atoms with van der Waals surface area (Å²) in [7, 11) is -3.27. The van der Waals surface area contributed by atoms with Crippen LogP contribution in [0.2, 0.25) is 0 Å². The van der Waals surface area contributed by atoms with Crippen molar-refractivity contribution in [1.29, 1.82) is 0 Å². The molecule has 1 rings (SSSR count). The maximum atomic E-state index is 11.7. The molecule has 0 amide bonds. The largest absolute Gasteiger partial charge is 0.481 e. The summed E-state index contributed by atoms with van der Waals surface area (Å²) in [4.78, 5) is 11.2. The zero-order valence-electron chi connectivity index (χ0n) is 8.43. The zero-order chi connectivity index (χ0) is 11.6. The Labute approximate surface area is 92.5 Å². The summed E-state index contributed by atoms with van der Waals surface area (Å²) in [6, 6.07) is 1.44. The average molecular weight is 248 g/mol. The van der Waals surface area contributed by atoms with Gasteiger partial charge in [-0.25, -0.2) is 8.42 Å². The van der Waals surface area contributed by atoms with E-state index >= 15 is 0 Å². The Balaban J connectivity index is 2.99. The van der Waals surface area contributed by atoms with Crippen LogP contribution in [0.4, 0.5) is 0 Å². The molecule has 0 aliphatic carbocycles. The predicted molar refractivity (Wildman–Crippen MR) is 58.0 cm³/mol. The van der Waals surface area contributed by atoms with E-state index in [1.807, 2.05) is 0 Å². The SMILES string of the molecule is CC(C)S(=O)(=O)c1csc(CC(=O)O)c1. The van der Waals surface area contributed by atoms with Crippen LogP contribution in [0.5, 0.6) is 0 Å². The second-order valence-electron chi connectivity index (χ2n) is 3.41. The molecule has 0 atom stereocenters. The summed E-state index contributed by atoms with van der Waals surface area (Å²) in [5.41, 5.74) is 0. The van der Waals surface area contributed by atoms with Gasteiger partial charge in [0.05, 0.1) is 16.6 Å². The van der Waals surface area contributed by atoms with Crippen LogP contribution in [0.25, 0.3) is 0 Å². The van der Waals surface area contributed by atoms with Gasteiger partial charge >= 0.3 is 5.97 Å². The number of hydrogen-bond donors (Lipinski definition) is 1. The van der Waals surface area contributed by atoms with E-state index in [9.17, 15) is 13.2 Å². The molecule has 0 unspecified atom stereocenters. The quantitative estimate of drug-likeness (QED) is 0.877. The molecule has 0 radical (unpaired) electrons. The van der Waals surface area contributed by atoms with Gasteiger partial charge in [-0.1, -0.05) is 0 Å². The van der Waals surface area contributed by atoms with Crippen LogP contribution >= 0.6 is 11.3 Å². The standard InChI is InChI=1S/C9H12O4S2/c1-6(2)15(12,13)8-3-7(14-5-8)4-9(10)11/h3,5-6H,4H2,1-2H3,(H,10,11). The second kappa shape index (κ2) is 4.32. The highest BCUT2D eigenvalue weighted by atomic mass is 32.2. The summed E-state index contributed by atoms with van der Waals surface area (Å²) >= 11 is 1.16. The van der Waals surface area contributed by atoms with Crippen molar-refractivity contribution in [1.82, 2.24) is 0 Å². The summed E-state index contributed by atoms with van der Waals surface area (Å²) < 4.78 is 23.4. The first-order valence-corrected chi connectivity index (χ1v) is 6.79. The normalized spacial score (nSPS) is 11.9. The topological polar surface area (TPSA) is 71.4 Å². The molecular weight excluding hydrogens is 236 g/mol. The number of hydrogen-bond acceptors (Lipinski definition) is 4. The van der Waals surface area contributed by atoms with Crippen LogP contribution in [-0.2, 0) is 21.1 Å². The van der Waals surface area contributed by atoms with Crippen molar-refractivity contribution in [2.45, 2.75) is 30.4 Å². The van der Waals surface area contributed by atoms with Crippen LogP contribution < -0.4 is 0 Å². The molecule has 1 N–H and O–H groups in total. The van der Waals surface area contributed by atoms with Crippen LogP contribution in [0.15, 0.2) is 16.3 Å². The van der Waals surface area contributed by atoms with Gasteiger partial charge in [0, 0.05) is 10.3 Å². The van der Waals surface area contributed by atoms with Crippen LogP contribution in [0, 0.1) is 0 Å². The lowest BCUT2D eigenvalue weighted by Gasteiger charge is -2.03. The molecule has 0 spiro atoms. The number of carboxylic acids is 1. The predicted octanol–water partition coefficient (Wildman–Crippen LogP) is 1.56. The number of thiophene rings is 1. The van der Waals surface area contributed by atoms with Gasteiger partial charge in [-0.05, 0) is 19.9 Å². The summed E-state index contributed by atoms with van der Waals surface area (Å²) in [6.07, 6.45) is -0.127. The fourth-order valence-electron chi connectivity index (χ4n) is 1.02. The highest BCUT2D eigenvalue weighted by Gasteiger charge is 2.20. The Hall–Kier alpha value is -0.880. The van der Waals surface area contributed by atoms with E-state index in [1.54, 1.807) is 13.8 Å². The van der Waals surface area contributed by atoms with Crippen LogP contribution in [0.3, 0.4) is 0 Å². The third kappa shape index (κ3) is 2.79. The van der Waals surface area contributed by atoms with Gasteiger partial charge in [0.2, 0.25) is 0 Å². The van der Waals surface area contributed by atoms with E-state index in [1.165, 1.54) is 11.4 Å². The maximum absolute atomic E-state index is 11.7. The van der Waals surface area contributed by atoms with Gasteiger partial charge in [-0.15, -0.1) is 11.3 Å². The molecule has 0 fully saturated rings. The van der Waals surface area contributed by atoms with Gasteiger partial charge in [0.1, 0.15) is 0 Å². The monoisotopic (exact) mass is 248 g/mol. The number of sulfone groups is 1. The molecule has 1 heterocycles. The van der Waals surface area contributed by atoms with Crippen LogP contribution in [-0.4, -0.2) is 24.7 Å². The van der Waals surface area contributed by atoms with Gasteiger partial charge in [0.15, 0.2) is 9.84 Å². The fraction of sp³-hybridized carbons (Fsp3) is 0.444. The van der Waals surface area contributed by atoms with E-state index in [2.05, 4.69) is 0 Å². The van der Waals surface area contributed by atoms with Crippen molar-refractivity contribution >= 4 is 27.1 Å². The Kier molecular flexibility index (Phi) is 3.51. The lowest BCUT2D eigenvalue weighted by molar-refractivity contribution is -0.136. The summed E-state index contributed by atoms with van der Waals surface area (Å²) in [5.74, 6) is -0.953. The Morgan fingerprint density at radius 1 is 1.53 bits per heavy atom. The molecule has 15 heavy (non-hydrogen) atoms. The molecule has 0 aromatic carbocycles. The van der Waals surface area contributed by atoms with E-state index < -0.39 is 21.1 Å². The van der Waals surface area contributed by atoms with Gasteiger partial charge in [0.25, 0.3) is 0 Å². The number of aliphatic carboxylic acids is 1. The molecule has 84 valence electrons. The molecule has 0 saturated carbocycles. The first-order chi connectivity index (χ1) is 6.84. The smallest absolute Gasteiger partial charge is 0.308 e. The summed E-state index contributed by atoms with van der Waals surface area (Å²) in [6.45, 7) is 3.20. The molecule has 6 heteroatoms.